The van der Waals surface area contributed by atoms with E-state index in [0.29, 0.717) is 45.9 Å². The van der Waals surface area contributed by atoms with Gasteiger partial charge in [-0.1, -0.05) is 31.3 Å². The number of carbonyl (C=O) groups excluding carboxylic acids is 1. The monoisotopic (exact) mass is 479 g/mol. The van der Waals surface area contributed by atoms with Gasteiger partial charge in [-0.3, -0.25) is 9.59 Å². The molecule has 4 aromatic rings. The summed E-state index contributed by atoms with van der Waals surface area (Å²) in [6.45, 7) is 8.42. The lowest BCUT2D eigenvalue weighted by Crippen LogP contribution is -2.23. The van der Waals surface area contributed by atoms with Crippen molar-refractivity contribution in [3.63, 3.8) is 0 Å². The van der Waals surface area contributed by atoms with Crippen LogP contribution in [0, 0.1) is 5.92 Å². The van der Waals surface area contributed by atoms with E-state index in [0.717, 1.165) is 16.9 Å². The summed E-state index contributed by atoms with van der Waals surface area (Å²) in [5.41, 5.74) is 1.29. The van der Waals surface area contributed by atoms with Gasteiger partial charge in [0, 0.05) is 12.5 Å². The molecule has 176 valence electrons. The van der Waals surface area contributed by atoms with Crippen LogP contribution in [0.15, 0.2) is 47.3 Å². The highest BCUT2D eigenvalue weighted by Crippen LogP contribution is 2.29. The number of hydrogen-bond donors (Lipinski definition) is 0. The van der Waals surface area contributed by atoms with Crippen molar-refractivity contribution in [3.05, 3.63) is 62.9 Å². The zero-order valence-electron chi connectivity index (χ0n) is 19.4. The Labute approximate surface area is 200 Å². The molecule has 0 aliphatic rings. The van der Waals surface area contributed by atoms with Gasteiger partial charge in [-0.05, 0) is 60.9 Å². The molecule has 9 heteroatoms. The van der Waals surface area contributed by atoms with Gasteiger partial charge in [0.05, 0.1) is 17.7 Å². The number of hydrogen-bond acceptors (Lipinski definition) is 8. The Morgan fingerprint density at radius 1 is 1.12 bits per heavy atom. The van der Waals surface area contributed by atoms with Crippen LogP contribution in [0.1, 0.15) is 33.3 Å². The summed E-state index contributed by atoms with van der Waals surface area (Å²) in [5, 5.41) is 4.40. The molecule has 0 radical (unpaired) electrons. The van der Waals surface area contributed by atoms with Gasteiger partial charge in [-0.25, -0.2) is 0 Å². The zero-order chi connectivity index (χ0) is 24.2. The average molecular weight is 480 g/mol. The summed E-state index contributed by atoms with van der Waals surface area (Å²) < 4.78 is 18.3. The minimum Gasteiger partial charge on any atom is -0.493 e. The highest BCUT2D eigenvalue weighted by molar-refractivity contribution is 7.15. The number of carbonyl (C=O) groups is 1. The molecular formula is C25H25N3O5S. The summed E-state index contributed by atoms with van der Waals surface area (Å²) >= 11 is 1.25. The maximum absolute atomic E-state index is 12.9. The zero-order valence-corrected chi connectivity index (χ0v) is 20.2. The van der Waals surface area contributed by atoms with Gasteiger partial charge in [-0.15, -0.1) is 5.10 Å². The van der Waals surface area contributed by atoms with Crippen molar-refractivity contribution in [3.8, 4) is 28.6 Å². The fourth-order valence-corrected chi connectivity index (χ4v) is 4.10. The fraction of sp³-hybridized carbons (Fsp3) is 0.280. The molecular weight excluding hydrogens is 454 g/mol. The van der Waals surface area contributed by atoms with Crippen LogP contribution in [-0.4, -0.2) is 33.8 Å². The normalized spacial score (nSPS) is 11.9. The molecule has 0 unspecified atom stereocenters. The number of thiazole rings is 1. The Balaban J connectivity index is 1.62. The van der Waals surface area contributed by atoms with Gasteiger partial charge in [0.2, 0.25) is 4.96 Å². The molecule has 2 aromatic carbocycles. The van der Waals surface area contributed by atoms with Gasteiger partial charge in [0.1, 0.15) is 5.75 Å². The third-order valence-corrected chi connectivity index (χ3v) is 5.66. The third kappa shape index (κ3) is 5.26. The molecule has 2 aromatic heterocycles. The van der Waals surface area contributed by atoms with E-state index in [-0.39, 0.29) is 5.56 Å². The molecule has 0 atom stereocenters. The summed E-state index contributed by atoms with van der Waals surface area (Å²) in [6.07, 6.45) is 1.74. The Bertz CT molecular complexity index is 1420. The van der Waals surface area contributed by atoms with Crippen LogP contribution in [0.25, 0.3) is 22.4 Å². The lowest BCUT2D eigenvalue weighted by molar-refractivity contribution is -0.132. The largest absolute Gasteiger partial charge is 0.493 e. The van der Waals surface area contributed by atoms with Crippen molar-refractivity contribution in [1.82, 2.24) is 14.6 Å². The SMILES string of the molecule is CCOc1cc(C=c2sc3nc(-c4ccc(OCC(C)C)cc4)nn3c2=O)ccc1OC(C)=O. The number of benzene rings is 2. The van der Waals surface area contributed by atoms with Gasteiger partial charge < -0.3 is 14.2 Å². The van der Waals surface area contributed by atoms with E-state index in [9.17, 15) is 9.59 Å². The average Bonchev–Trinajstić information content (AvgIpc) is 3.34. The number of rotatable bonds is 8. The topological polar surface area (TPSA) is 92.0 Å². The van der Waals surface area contributed by atoms with Crippen LogP contribution >= 0.6 is 11.3 Å². The highest BCUT2D eigenvalue weighted by atomic mass is 32.1. The van der Waals surface area contributed by atoms with E-state index >= 15 is 0 Å². The number of aromatic nitrogens is 3. The second-order valence-electron chi connectivity index (χ2n) is 8.01. The van der Waals surface area contributed by atoms with Crippen molar-refractivity contribution >= 4 is 28.3 Å². The van der Waals surface area contributed by atoms with Gasteiger partial charge in [0.15, 0.2) is 17.3 Å². The maximum atomic E-state index is 12.9. The van der Waals surface area contributed by atoms with Crippen molar-refractivity contribution in [1.29, 1.82) is 0 Å². The first kappa shape index (κ1) is 23.4. The lowest BCUT2D eigenvalue weighted by Gasteiger charge is -2.10. The van der Waals surface area contributed by atoms with Crippen LogP contribution < -0.4 is 24.3 Å². The van der Waals surface area contributed by atoms with E-state index in [1.807, 2.05) is 31.2 Å². The number of esters is 1. The first-order valence-corrected chi connectivity index (χ1v) is 11.8. The fourth-order valence-electron chi connectivity index (χ4n) is 3.19. The van der Waals surface area contributed by atoms with E-state index < -0.39 is 5.97 Å². The predicted octanol–water partition coefficient (Wildman–Crippen LogP) is 3.72. The van der Waals surface area contributed by atoms with Crippen molar-refractivity contribution in [2.45, 2.75) is 27.7 Å². The van der Waals surface area contributed by atoms with Gasteiger partial charge in [-0.2, -0.15) is 9.50 Å². The molecule has 0 saturated heterocycles. The van der Waals surface area contributed by atoms with E-state index in [1.165, 1.54) is 22.8 Å². The molecule has 4 rings (SSSR count). The third-order valence-electron chi connectivity index (χ3n) is 4.70. The lowest BCUT2D eigenvalue weighted by atomic mass is 10.2. The number of ether oxygens (including phenoxy) is 3. The predicted molar refractivity (Wildman–Crippen MR) is 131 cm³/mol. The summed E-state index contributed by atoms with van der Waals surface area (Å²) in [7, 11) is 0. The quantitative estimate of drug-likeness (QED) is 0.281. The van der Waals surface area contributed by atoms with Gasteiger partial charge in [0.25, 0.3) is 5.56 Å². The number of nitrogens with zero attached hydrogens (tertiary/aromatic N) is 3. The molecule has 0 saturated carbocycles. The standard InChI is InChI=1S/C25H25N3O5S/c1-5-31-21-12-17(6-11-20(21)33-16(4)29)13-22-24(30)28-25(34-22)26-23(27-28)18-7-9-19(10-8-18)32-14-15(2)3/h6-13,15H,5,14H2,1-4H3. The molecule has 0 amide bonds. The second-order valence-corrected chi connectivity index (χ2v) is 9.02. The van der Waals surface area contributed by atoms with Crippen LogP contribution in [0.2, 0.25) is 0 Å². The molecule has 0 N–H and O–H groups in total. The Morgan fingerprint density at radius 3 is 2.53 bits per heavy atom. The van der Waals surface area contributed by atoms with Crippen LogP contribution in [0.4, 0.5) is 0 Å². The number of fused-ring (bicyclic) bond motifs is 1. The molecule has 0 bridgehead atoms. The Morgan fingerprint density at radius 2 is 1.88 bits per heavy atom. The van der Waals surface area contributed by atoms with Crippen LogP contribution in [-0.2, 0) is 4.79 Å². The van der Waals surface area contributed by atoms with Gasteiger partial charge >= 0.3 is 5.97 Å². The molecule has 0 spiro atoms. The molecule has 8 nitrogen and oxygen atoms in total. The molecule has 34 heavy (non-hydrogen) atoms. The summed E-state index contributed by atoms with van der Waals surface area (Å²) in [6, 6.07) is 12.6. The molecule has 0 aliphatic carbocycles. The summed E-state index contributed by atoms with van der Waals surface area (Å²) in [5.74, 6) is 2.04. The minimum absolute atomic E-state index is 0.252. The Kier molecular flexibility index (Phi) is 6.93. The van der Waals surface area contributed by atoms with Crippen molar-refractivity contribution in [2.75, 3.05) is 13.2 Å². The highest BCUT2D eigenvalue weighted by Gasteiger charge is 2.13. The van der Waals surface area contributed by atoms with E-state index in [1.54, 1.807) is 24.3 Å². The summed E-state index contributed by atoms with van der Waals surface area (Å²) in [4.78, 5) is 29.3. The van der Waals surface area contributed by atoms with Crippen molar-refractivity contribution in [2.24, 2.45) is 5.92 Å². The first-order chi connectivity index (χ1) is 16.3. The smallest absolute Gasteiger partial charge is 0.308 e. The molecule has 0 aliphatic heterocycles. The molecule has 0 fully saturated rings. The second kappa shape index (κ2) is 10.0. The maximum Gasteiger partial charge on any atom is 0.308 e. The van der Waals surface area contributed by atoms with E-state index in [4.69, 9.17) is 14.2 Å². The van der Waals surface area contributed by atoms with Crippen LogP contribution in [0.3, 0.4) is 0 Å². The van der Waals surface area contributed by atoms with Crippen molar-refractivity contribution < 1.29 is 19.0 Å². The van der Waals surface area contributed by atoms with Crippen LogP contribution in [0.5, 0.6) is 17.2 Å². The Hall–Kier alpha value is -3.72. The molecule has 2 heterocycles. The van der Waals surface area contributed by atoms with E-state index in [2.05, 4.69) is 23.9 Å². The minimum atomic E-state index is -0.432. The first-order valence-electron chi connectivity index (χ1n) is 10.9.